The number of benzene rings is 1. The van der Waals surface area contributed by atoms with Crippen LogP contribution in [-0.4, -0.2) is 55.0 Å². The van der Waals surface area contributed by atoms with Crippen molar-refractivity contribution in [2.24, 2.45) is 5.92 Å². The van der Waals surface area contributed by atoms with Crippen LogP contribution in [0.3, 0.4) is 0 Å². The number of nitrogens with zero attached hydrogens (tertiary/aromatic N) is 1. The van der Waals surface area contributed by atoms with Gasteiger partial charge >= 0.3 is 0 Å². The largest absolute Gasteiger partial charge is 0.326 e. The van der Waals surface area contributed by atoms with E-state index in [0.717, 1.165) is 44.6 Å². The molecule has 0 unspecified atom stereocenters. The van der Waals surface area contributed by atoms with Crippen LogP contribution in [0.5, 0.6) is 0 Å². The van der Waals surface area contributed by atoms with E-state index in [4.69, 9.17) is 0 Å². The highest BCUT2D eigenvalue weighted by molar-refractivity contribution is 7.99. The number of piperidine rings is 1. The Kier molecular flexibility index (Phi) is 6.37. The summed E-state index contributed by atoms with van der Waals surface area (Å²) >= 11 is 2.05. The first-order chi connectivity index (χ1) is 11.3. The van der Waals surface area contributed by atoms with Crippen molar-refractivity contribution in [1.29, 1.82) is 0 Å². The van der Waals surface area contributed by atoms with Crippen LogP contribution < -0.4 is 10.6 Å². The van der Waals surface area contributed by atoms with E-state index in [0.29, 0.717) is 0 Å². The van der Waals surface area contributed by atoms with Crippen molar-refractivity contribution >= 4 is 23.4 Å². The summed E-state index contributed by atoms with van der Waals surface area (Å²) in [5.74, 6) is 2.86. The molecule has 0 aromatic heterocycles. The Morgan fingerprint density at radius 1 is 1.17 bits per heavy atom. The van der Waals surface area contributed by atoms with Crippen LogP contribution in [0.25, 0.3) is 0 Å². The zero-order valence-corrected chi connectivity index (χ0v) is 14.5. The molecule has 1 aromatic carbocycles. The van der Waals surface area contributed by atoms with Crippen molar-refractivity contribution < 1.29 is 4.79 Å². The van der Waals surface area contributed by atoms with Crippen LogP contribution in [0.2, 0.25) is 0 Å². The highest BCUT2D eigenvalue weighted by atomic mass is 32.2. The lowest BCUT2D eigenvalue weighted by atomic mass is 9.97. The fourth-order valence-corrected chi connectivity index (χ4v) is 4.17. The third kappa shape index (κ3) is 5.23. The Hall–Kier alpha value is -1.04. The number of anilines is 1. The number of carbonyl (C=O) groups excluding carboxylic acids is 1. The summed E-state index contributed by atoms with van der Waals surface area (Å²) in [7, 11) is 0. The van der Waals surface area contributed by atoms with Crippen molar-refractivity contribution in [3.63, 3.8) is 0 Å². The molecule has 4 nitrogen and oxygen atoms in total. The third-order valence-corrected chi connectivity index (χ3v) is 5.69. The first-order valence-corrected chi connectivity index (χ1v) is 9.87. The molecule has 0 aliphatic carbocycles. The molecule has 126 valence electrons. The summed E-state index contributed by atoms with van der Waals surface area (Å²) in [5, 5.41) is 6.36. The molecule has 2 heterocycles. The van der Waals surface area contributed by atoms with Gasteiger partial charge in [-0.05, 0) is 50.0 Å². The molecule has 2 aliphatic rings. The minimum atomic E-state index is 0.160. The molecule has 2 aliphatic heterocycles. The van der Waals surface area contributed by atoms with Gasteiger partial charge in [0.25, 0.3) is 0 Å². The van der Waals surface area contributed by atoms with Gasteiger partial charge in [-0.2, -0.15) is 11.8 Å². The topological polar surface area (TPSA) is 44.4 Å². The number of amides is 1. The van der Waals surface area contributed by atoms with Gasteiger partial charge in [0, 0.05) is 42.7 Å². The molecule has 0 bridgehead atoms. The Morgan fingerprint density at radius 2 is 1.87 bits per heavy atom. The van der Waals surface area contributed by atoms with E-state index in [-0.39, 0.29) is 11.8 Å². The molecule has 1 amide bonds. The minimum absolute atomic E-state index is 0.160. The molecule has 0 radical (unpaired) electrons. The lowest BCUT2D eigenvalue weighted by Gasteiger charge is -2.26. The normalized spacial score (nSPS) is 20.3. The summed E-state index contributed by atoms with van der Waals surface area (Å²) in [5.41, 5.74) is 2.27. The van der Waals surface area contributed by atoms with E-state index in [1.165, 1.54) is 30.2 Å². The van der Waals surface area contributed by atoms with Crippen molar-refractivity contribution in [2.75, 3.05) is 49.5 Å². The summed E-state index contributed by atoms with van der Waals surface area (Å²) in [6, 6.07) is 8.38. The average molecular weight is 334 g/mol. The van der Waals surface area contributed by atoms with Crippen LogP contribution in [0, 0.1) is 5.92 Å². The van der Waals surface area contributed by atoms with Gasteiger partial charge in [0.15, 0.2) is 0 Å². The second kappa shape index (κ2) is 8.71. The zero-order valence-electron chi connectivity index (χ0n) is 13.7. The van der Waals surface area contributed by atoms with Gasteiger partial charge in [-0.3, -0.25) is 4.79 Å². The summed E-state index contributed by atoms with van der Waals surface area (Å²) < 4.78 is 0. The molecule has 3 rings (SSSR count). The van der Waals surface area contributed by atoms with Crippen molar-refractivity contribution in [1.82, 2.24) is 10.2 Å². The number of carbonyl (C=O) groups is 1. The van der Waals surface area contributed by atoms with Crippen molar-refractivity contribution in [3.05, 3.63) is 29.8 Å². The maximum Gasteiger partial charge on any atom is 0.227 e. The van der Waals surface area contributed by atoms with E-state index in [9.17, 15) is 4.79 Å². The molecular weight excluding hydrogens is 306 g/mol. The molecule has 0 spiro atoms. The van der Waals surface area contributed by atoms with Gasteiger partial charge in [0.1, 0.15) is 0 Å². The molecule has 0 atom stereocenters. The Labute approximate surface area is 143 Å². The molecule has 2 N–H and O–H groups in total. The van der Waals surface area contributed by atoms with Crippen molar-refractivity contribution in [2.45, 2.75) is 19.3 Å². The van der Waals surface area contributed by atoms with Crippen molar-refractivity contribution in [3.8, 4) is 0 Å². The second-order valence-corrected chi connectivity index (χ2v) is 7.64. The molecule has 2 saturated heterocycles. The monoisotopic (exact) mass is 333 g/mol. The van der Waals surface area contributed by atoms with Crippen LogP contribution in [0.1, 0.15) is 18.4 Å². The van der Waals surface area contributed by atoms with E-state index >= 15 is 0 Å². The lowest BCUT2D eigenvalue weighted by Crippen LogP contribution is -2.34. The van der Waals surface area contributed by atoms with Crippen LogP contribution >= 0.6 is 11.8 Å². The molecular formula is C18H27N3OS. The number of hydrogen-bond donors (Lipinski definition) is 2. The Bertz CT molecular complexity index is 493. The SMILES string of the molecule is O=C(Nc1ccc(CCN2CCSCC2)cc1)C1CCNCC1. The Morgan fingerprint density at radius 3 is 2.57 bits per heavy atom. The minimum Gasteiger partial charge on any atom is -0.326 e. The summed E-state index contributed by atoms with van der Waals surface area (Å²) in [6.45, 7) is 5.48. The first-order valence-electron chi connectivity index (χ1n) is 8.72. The molecule has 0 saturated carbocycles. The van der Waals surface area contributed by atoms with Gasteiger partial charge in [-0.1, -0.05) is 12.1 Å². The number of nitrogens with one attached hydrogen (secondary N) is 2. The second-order valence-electron chi connectivity index (χ2n) is 6.41. The van der Waals surface area contributed by atoms with Gasteiger partial charge in [0.05, 0.1) is 0 Å². The van der Waals surface area contributed by atoms with Crippen LogP contribution in [-0.2, 0) is 11.2 Å². The van der Waals surface area contributed by atoms with Gasteiger partial charge in [0.2, 0.25) is 5.91 Å². The van der Waals surface area contributed by atoms with Crippen LogP contribution in [0.4, 0.5) is 5.69 Å². The van der Waals surface area contributed by atoms with Gasteiger partial charge < -0.3 is 15.5 Å². The summed E-state index contributed by atoms with van der Waals surface area (Å²) in [6.07, 6.45) is 2.98. The molecule has 1 aromatic rings. The molecule has 23 heavy (non-hydrogen) atoms. The third-order valence-electron chi connectivity index (χ3n) is 4.75. The predicted molar refractivity (Wildman–Crippen MR) is 98.1 cm³/mol. The predicted octanol–water partition coefficient (Wildman–Crippen LogP) is 2.22. The molecule has 5 heteroatoms. The van der Waals surface area contributed by atoms with E-state index in [1.807, 2.05) is 12.1 Å². The zero-order chi connectivity index (χ0) is 15.9. The van der Waals surface area contributed by atoms with E-state index in [1.54, 1.807) is 0 Å². The van der Waals surface area contributed by atoms with Gasteiger partial charge in [-0.15, -0.1) is 0 Å². The standard InChI is InChI=1S/C18H27N3OS/c22-18(16-5-8-19-9-6-16)20-17-3-1-15(2-4-17)7-10-21-11-13-23-14-12-21/h1-4,16,19H,5-14H2,(H,20,22). The highest BCUT2D eigenvalue weighted by Crippen LogP contribution is 2.17. The maximum absolute atomic E-state index is 12.2. The smallest absolute Gasteiger partial charge is 0.227 e. The maximum atomic E-state index is 12.2. The fraction of sp³-hybridized carbons (Fsp3) is 0.611. The first kappa shape index (κ1) is 16.8. The highest BCUT2D eigenvalue weighted by Gasteiger charge is 2.20. The fourth-order valence-electron chi connectivity index (χ4n) is 3.20. The van der Waals surface area contributed by atoms with Gasteiger partial charge in [-0.25, -0.2) is 0 Å². The number of rotatable bonds is 5. The van der Waals surface area contributed by atoms with E-state index < -0.39 is 0 Å². The summed E-state index contributed by atoms with van der Waals surface area (Å²) in [4.78, 5) is 14.8. The van der Waals surface area contributed by atoms with E-state index in [2.05, 4.69) is 39.4 Å². The lowest BCUT2D eigenvalue weighted by molar-refractivity contribution is -0.120. The van der Waals surface area contributed by atoms with Crippen LogP contribution in [0.15, 0.2) is 24.3 Å². The Balaban J connectivity index is 1.45. The number of hydrogen-bond acceptors (Lipinski definition) is 4. The molecule has 2 fully saturated rings. The quantitative estimate of drug-likeness (QED) is 0.867. The number of thioether (sulfide) groups is 1. The average Bonchev–Trinajstić information content (AvgIpc) is 2.63.